The van der Waals surface area contributed by atoms with Gasteiger partial charge in [-0.2, -0.15) is 0 Å². The van der Waals surface area contributed by atoms with Gasteiger partial charge in [0.1, 0.15) is 0 Å². The normalized spacial score (nSPS) is 11.5. The SMILES string of the molecule is c1ccc(-c2cc(-c3ccc(-c4cc5ccccc5s4)cc3)nc(-c3ccc(-c4c5ccccc5cc5c4ccc4ccccc45)cc3)n2)cc1. The summed E-state index contributed by atoms with van der Waals surface area (Å²) < 4.78 is 1.30. The summed E-state index contributed by atoms with van der Waals surface area (Å²) in [4.78, 5) is 11.5. The Kier molecular flexibility index (Phi) is 7.04. The van der Waals surface area contributed by atoms with E-state index in [0.717, 1.165) is 28.1 Å². The monoisotopic (exact) mass is 666 g/mol. The molecule has 0 N–H and O–H groups in total. The van der Waals surface area contributed by atoms with Crippen LogP contribution in [0.25, 0.3) is 97.9 Å². The molecular weight excluding hydrogens is 637 g/mol. The Balaban J connectivity index is 1.08. The quantitative estimate of drug-likeness (QED) is 0.135. The van der Waals surface area contributed by atoms with Crippen LogP contribution in [0.15, 0.2) is 182 Å². The Morgan fingerprint density at radius 3 is 1.69 bits per heavy atom. The van der Waals surface area contributed by atoms with Crippen LogP contribution >= 0.6 is 11.3 Å². The third kappa shape index (κ3) is 5.27. The van der Waals surface area contributed by atoms with Crippen LogP contribution in [0.4, 0.5) is 0 Å². The Bertz CT molecular complexity index is 2860. The highest BCUT2D eigenvalue weighted by atomic mass is 32.1. The third-order valence-electron chi connectivity index (χ3n) is 9.89. The van der Waals surface area contributed by atoms with Gasteiger partial charge in [-0.25, -0.2) is 9.97 Å². The molecule has 0 unspecified atom stereocenters. The van der Waals surface area contributed by atoms with Crippen LogP contribution in [-0.4, -0.2) is 9.97 Å². The lowest BCUT2D eigenvalue weighted by Gasteiger charge is -2.15. The van der Waals surface area contributed by atoms with Gasteiger partial charge in [-0.3, -0.25) is 0 Å². The van der Waals surface area contributed by atoms with Gasteiger partial charge < -0.3 is 0 Å². The lowest BCUT2D eigenvalue weighted by atomic mass is 9.89. The van der Waals surface area contributed by atoms with Gasteiger partial charge in [-0.05, 0) is 78.7 Å². The van der Waals surface area contributed by atoms with Gasteiger partial charge in [0, 0.05) is 26.3 Å². The van der Waals surface area contributed by atoms with Crippen LogP contribution < -0.4 is 0 Å². The maximum absolute atomic E-state index is 5.16. The molecular formula is C48H30N2S. The van der Waals surface area contributed by atoms with E-state index in [1.54, 1.807) is 0 Å². The fourth-order valence-electron chi connectivity index (χ4n) is 7.33. The summed E-state index contributed by atoms with van der Waals surface area (Å²) in [6, 6.07) is 65.1. The summed E-state index contributed by atoms with van der Waals surface area (Å²) in [5.41, 5.74) is 8.54. The van der Waals surface area contributed by atoms with Crippen molar-refractivity contribution in [3.63, 3.8) is 0 Å². The van der Waals surface area contributed by atoms with E-state index < -0.39 is 0 Å². The molecule has 0 aliphatic heterocycles. The Morgan fingerprint density at radius 2 is 0.922 bits per heavy atom. The number of benzene rings is 8. The Hall–Kier alpha value is -6.42. The maximum atomic E-state index is 5.16. The van der Waals surface area contributed by atoms with Crippen LogP contribution in [0.3, 0.4) is 0 Å². The van der Waals surface area contributed by atoms with Crippen molar-refractivity contribution in [2.24, 2.45) is 0 Å². The van der Waals surface area contributed by atoms with Crippen LogP contribution in [0.1, 0.15) is 0 Å². The van der Waals surface area contributed by atoms with Gasteiger partial charge in [-0.1, -0.05) is 158 Å². The molecule has 0 aliphatic carbocycles. The highest BCUT2D eigenvalue weighted by Gasteiger charge is 2.15. The highest BCUT2D eigenvalue weighted by Crippen LogP contribution is 2.40. The summed E-state index contributed by atoms with van der Waals surface area (Å²) in [7, 11) is 0. The lowest BCUT2D eigenvalue weighted by Crippen LogP contribution is -1.96. The van der Waals surface area contributed by atoms with E-state index in [1.165, 1.54) is 64.0 Å². The molecule has 51 heavy (non-hydrogen) atoms. The van der Waals surface area contributed by atoms with Crippen molar-refractivity contribution in [3.05, 3.63) is 182 Å². The fraction of sp³-hybridized carbons (Fsp3) is 0. The smallest absolute Gasteiger partial charge is 0.160 e. The zero-order valence-electron chi connectivity index (χ0n) is 27.6. The average Bonchev–Trinajstić information content (AvgIpc) is 3.65. The summed E-state index contributed by atoms with van der Waals surface area (Å²) in [6.45, 7) is 0. The van der Waals surface area contributed by atoms with E-state index >= 15 is 0 Å². The summed E-state index contributed by atoms with van der Waals surface area (Å²) in [6.07, 6.45) is 0. The van der Waals surface area contributed by atoms with Gasteiger partial charge >= 0.3 is 0 Å². The maximum Gasteiger partial charge on any atom is 0.160 e. The predicted molar refractivity (Wildman–Crippen MR) is 217 cm³/mol. The summed E-state index contributed by atoms with van der Waals surface area (Å²) in [5, 5.41) is 8.81. The van der Waals surface area contributed by atoms with Crippen molar-refractivity contribution in [2.45, 2.75) is 0 Å². The topological polar surface area (TPSA) is 25.8 Å². The Labute approximate surface area is 300 Å². The number of hydrogen-bond acceptors (Lipinski definition) is 3. The molecule has 0 spiro atoms. The largest absolute Gasteiger partial charge is 0.228 e. The average molecular weight is 667 g/mol. The number of rotatable bonds is 5. The molecule has 238 valence electrons. The molecule has 10 aromatic rings. The van der Waals surface area contributed by atoms with Crippen molar-refractivity contribution in [3.8, 4) is 55.5 Å². The Morgan fingerprint density at radius 1 is 0.333 bits per heavy atom. The van der Waals surface area contributed by atoms with Crippen molar-refractivity contribution < 1.29 is 0 Å². The number of fused-ring (bicyclic) bond motifs is 5. The van der Waals surface area contributed by atoms with Crippen molar-refractivity contribution in [2.75, 3.05) is 0 Å². The second-order valence-corrected chi connectivity index (χ2v) is 14.1. The first-order chi connectivity index (χ1) is 25.2. The standard InChI is InChI=1S/C48H30N2S/c1-2-11-32(12-3-1)43-30-44(33-18-20-34(21-19-33)46-29-38-14-6-9-17-45(38)51-46)50-48(49-43)36-24-22-35(23-25-36)47-40-16-8-5-13-37(40)28-42-39-15-7-4-10-31(39)26-27-41(42)47/h1-30H. The van der Waals surface area contributed by atoms with Crippen molar-refractivity contribution in [1.29, 1.82) is 0 Å². The van der Waals surface area contributed by atoms with Gasteiger partial charge in [0.25, 0.3) is 0 Å². The number of aromatic nitrogens is 2. The highest BCUT2D eigenvalue weighted by molar-refractivity contribution is 7.22. The van der Waals surface area contributed by atoms with Gasteiger partial charge in [0.05, 0.1) is 11.4 Å². The summed E-state index contributed by atoms with van der Waals surface area (Å²) in [5.74, 6) is 0.709. The molecule has 0 amide bonds. The molecule has 2 nitrogen and oxygen atoms in total. The number of thiophene rings is 1. The minimum atomic E-state index is 0.709. The van der Waals surface area contributed by atoms with Crippen LogP contribution in [0, 0.1) is 0 Å². The number of nitrogens with zero attached hydrogens (tertiary/aromatic N) is 2. The van der Waals surface area contributed by atoms with E-state index in [-0.39, 0.29) is 0 Å². The van der Waals surface area contributed by atoms with Gasteiger partial charge in [0.15, 0.2) is 5.82 Å². The van der Waals surface area contributed by atoms with Gasteiger partial charge in [-0.15, -0.1) is 11.3 Å². The second-order valence-electron chi connectivity index (χ2n) is 13.0. The van der Waals surface area contributed by atoms with Crippen LogP contribution in [-0.2, 0) is 0 Å². The van der Waals surface area contributed by atoms with Crippen molar-refractivity contribution >= 4 is 53.7 Å². The lowest BCUT2D eigenvalue weighted by molar-refractivity contribution is 1.18. The van der Waals surface area contributed by atoms with E-state index in [1.807, 2.05) is 17.4 Å². The molecule has 10 rings (SSSR count). The first kappa shape index (κ1) is 29.5. The van der Waals surface area contributed by atoms with E-state index in [9.17, 15) is 0 Å². The van der Waals surface area contributed by atoms with E-state index in [0.29, 0.717) is 5.82 Å². The second kappa shape index (κ2) is 12.2. The first-order valence-electron chi connectivity index (χ1n) is 17.2. The van der Waals surface area contributed by atoms with Gasteiger partial charge in [0.2, 0.25) is 0 Å². The molecule has 2 aromatic heterocycles. The first-order valence-corrected chi connectivity index (χ1v) is 18.0. The molecule has 0 saturated carbocycles. The summed E-state index contributed by atoms with van der Waals surface area (Å²) >= 11 is 1.83. The molecule has 0 radical (unpaired) electrons. The van der Waals surface area contributed by atoms with Crippen LogP contribution in [0.2, 0.25) is 0 Å². The minimum Gasteiger partial charge on any atom is -0.228 e. The third-order valence-corrected chi connectivity index (χ3v) is 11.1. The molecule has 8 aromatic carbocycles. The number of hydrogen-bond donors (Lipinski definition) is 0. The minimum absolute atomic E-state index is 0.709. The molecule has 0 fully saturated rings. The zero-order chi connectivity index (χ0) is 33.7. The molecule has 3 heteroatoms. The zero-order valence-corrected chi connectivity index (χ0v) is 28.4. The molecule has 0 saturated heterocycles. The molecule has 0 atom stereocenters. The molecule has 0 bridgehead atoms. The predicted octanol–water partition coefficient (Wildman–Crippen LogP) is 13.5. The van der Waals surface area contributed by atoms with E-state index in [4.69, 9.17) is 9.97 Å². The fourth-order valence-corrected chi connectivity index (χ4v) is 8.40. The van der Waals surface area contributed by atoms with E-state index in [2.05, 4.69) is 176 Å². The van der Waals surface area contributed by atoms with Crippen LogP contribution in [0.5, 0.6) is 0 Å². The molecule has 2 heterocycles. The molecule has 0 aliphatic rings. The van der Waals surface area contributed by atoms with Crippen molar-refractivity contribution in [1.82, 2.24) is 9.97 Å².